The van der Waals surface area contributed by atoms with E-state index in [0.29, 0.717) is 12.1 Å². The minimum absolute atomic E-state index is 0.629. The molecule has 0 aromatic carbocycles. The quantitative estimate of drug-likeness (QED) is 0.852. The van der Waals surface area contributed by atoms with Crippen molar-refractivity contribution in [2.45, 2.75) is 71.0 Å². The second-order valence-corrected chi connectivity index (χ2v) is 6.87. The Morgan fingerprint density at radius 1 is 1.05 bits per heavy atom. The van der Waals surface area contributed by atoms with E-state index in [1.54, 1.807) is 0 Å². The average Bonchev–Trinajstić information content (AvgIpc) is 2.64. The first-order chi connectivity index (χ1) is 9.13. The average molecular weight is 267 g/mol. The maximum Gasteiger partial charge on any atom is 0.0246 e. The van der Waals surface area contributed by atoms with Crippen molar-refractivity contribution in [3.8, 4) is 0 Å². The summed E-state index contributed by atoms with van der Waals surface area (Å²) in [5.74, 6) is 0.781. The van der Waals surface area contributed by atoms with Gasteiger partial charge < -0.3 is 10.6 Å². The molecule has 0 amide bonds. The van der Waals surface area contributed by atoms with Crippen molar-refractivity contribution in [3.05, 3.63) is 0 Å². The zero-order valence-corrected chi connectivity index (χ0v) is 13.1. The van der Waals surface area contributed by atoms with E-state index in [2.05, 4.69) is 30.6 Å². The van der Waals surface area contributed by atoms with E-state index in [1.165, 1.54) is 51.7 Å². The van der Waals surface area contributed by atoms with Crippen LogP contribution in [0.25, 0.3) is 0 Å². The van der Waals surface area contributed by atoms with E-state index >= 15 is 0 Å². The number of hydrogen-bond acceptors (Lipinski definition) is 3. The highest BCUT2D eigenvalue weighted by Crippen LogP contribution is 2.28. The Morgan fingerprint density at radius 2 is 1.79 bits per heavy atom. The van der Waals surface area contributed by atoms with Crippen LogP contribution in [-0.2, 0) is 0 Å². The lowest BCUT2D eigenvalue weighted by Crippen LogP contribution is -2.53. The van der Waals surface area contributed by atoms with Crippen molar-refractivity contribution in [2.75, 3.05) is 26.2 Å². The lowest BCUT2D eigenvalue weighted by Gasteiger charge is -2.44. The zero-order valence-electron chi connectivity index (χ0n) is 13.1. The van der Waals surface area contributed by atoms with Crippen molar-refractivity contribution >= 4 is 0 Å². The molecule has 0 aliphatic carbocycles. The van der Waals surface area contributed by atoms with E-state index in [-0.39, 0.29) is 0 Å². The number of nitrogens with two attached hydrogens (primary N) is 1. The van der Waals surface area contributed by atoms with Gasteiger partial charge in [0, 0.05) is 24.7 Å². The molecule has 3 unspecified atom stereocenters. The summed E-state index contributed by atoms with van der Waals surface area (Å²) in [7, 11) is 0. The van der Waals surface area contributed by atoms with Crippen LogP contribution in [0.1, 0.15) is 52.9 Å². The van der Waals surface area contributed by atoms with Gasteiger partial charge in [0.05, 0.1) is 0 Å². The number of rotatable bonds is 3. The molecule has 0 radical (unpaired) electrons. The van der Waals surface area contributed by atoms with Gasteiger partial charge in [0.15, 0.2) is 0 Å². The van der Waals surface area contributed by atoms with E-state index in [4.69, 9.17) is 5.73 Å². The van der Waals surface area contributed by atoms with Gasteiger partial charge in [-0.15, -0.1) is 0 Å². The van der Waals surface area contributed by atoms with Gasteiger partial charge in [-0.25, -0.2) is 0 Å². The molecule has 0 aromatic rings. The molecule has 2 aliphatic heterocycles. The van der Waals surface area contributed by atoms with Crippen LogP contribution >= 0.6 is 0 Å². The first kappa shape index (κ1) is 15.3. The lowest BCUT2D eigenvalue weighted by molar-refractivity contribution is 0.0547. The van der Waals surface area contributed by atoms with Gasteiger partial charge in [0.25, 0.3) is 0 Å². The van der Waals surface area contributed by atoms with Crippen molar-refractivity contribution < 1.29 is 0 Å². The second kappa shape index (κ2) is 7.05. The molecule has 2 heterocycles. The smallest absolute Gasteiger partial charge is 0.0246 e. The summed E-state index contributed by atoms with van der Waals surface area (Å²) in [5.41, 5.74) is 6.05. The van der Waals surface area contributed by atoms with Gasteiger partial charge in [0.2, 0.25) is 0 Å². The van der Waals surface area contributed by atoms with Crippen LogP contribution < -0.4 is 5.73 Å². The summed E-state index contributed by atoms with van der Waals surface area (Å²) in [4.78, 5) is 5.41. The molecule has 19 heavy (non-hydrogen) atoms. The van der Waals surface area contributed by atoms with Crippen LogP contribution in [0.4, 0.5) is 0 Å². The maximum atomic E-state index is 6.05. The highest BCUT2D eigenvalue weighted by molar-refractivity contribution is 4.89. The van der Waals surface area contributed by atoms with E-state index in [0.717, 1.165) is 18.5 Å². The molecule has 2 rings (SSSR count). The van der Waals surface area contributed by atoms with E-state index in [9.17, 15) is 0 Å². The van der Waals surface area contributed by atoms with Crippen LogP contribution in [-0.4, -0.2) is 54.1 Å². The van der Waals surface area contributed by atoms with Crippen molar-refractivity contribution in [2.24, 2.45) is 11.7 Å². The van der Waals surface area contributed by atoms with Crippen LogP contribution in [0.5, 0.6) is 0 Å². The minimum Gasteiger partial charge on any atom is -0.329 e. The Balaban J connectivity index is 1.96. The van der Waals surface area contributed by atoms with Gasteiger partial charge in [0.1, 0.15) is 0 Å². The van der Waals surface area contributed by atoms with Crippen molar-refractivity contribution in [3.63, 3.8) is 0 Å². The number of likely N-dealkylation sites (tertiary alicyclic amines) is 2. The molecule has 0 aromatic heterocycles. The largest absolute Gasteiger partial charge is 0.329 e. The Bertz CT molecular complexity index is 267. The highest BCUT2D eigenvalue weighted by atomic mass is 15.2. The third kappa shape index (κ3) is 3.71. The lowest BCUT2D eigenvalue weighted by atomic mass is 9.88. The van der Waals surface area contributed by atoms with Gasteiger partial charge >= 0.3 is 0 Å². The van der Waals surface area contributed by atoms with Gasteiger partial charge in [-0.05, 0) is 71.5 Å². The topological polar surface area (TPSA) is 32.5 Å². The van der Waals surface area contributed by atoms with Gasteiger partial charge in [-0.2, -0.15) is 0 Å². The maximum absolute atomic E-state index is 6.05. The fourth-order valence-corrected chi connectivity index (χ4v) is 4.05. The third-order valence-electron chi connectivity index (χ3n) is 5.33. The Kier molecular flexibility index (Phi) is 5.67. The molecule has 0 saturated carbocycles. The molecule has 2 N–H and O–H groups in total. The first-order valence-corrected chi connectivity index (χ1v) is 8.33. The Labute approximate surface area is 119 Å². The van der Waals surface area contributed by atoms with E-state index in [1.807, 2.05) is 0 Å². The number of hydrogen-bond donors (Lipinski definition) is 1. The molecule has 2 aliphatic rings. The summed E-state index contributed by atoms with van der Waals surface area (Å²) >= 11 is 0. The highest BCUT2D eigenvalue weighted by Gasteiger charge is 2.33. The summed E-state index contributed by atoms with van der Waals surface area (Å²) < 4.78 is 0. The van der Waals surface area contributed by atoms with Crippen LogP contribution in [0.2, 0.25) is 0 Å². The summed E-state index contributed by atoms with van der Waals surface area (Å²) in [5, 5.41) is 0. The molecule has 2 saturated heterocycles. The summed E-state index contributed by atoms with van der Waals surface area (Å²) in [6, 6.07) is 2.11. The molecule has 0 spiro atoms. The molecule has 3 atom stereocenters. The van der Waals surface area contributed by atoms with Crippen LogP contribution in [0.3, 0.4) is 0 Å². The molecular formula is C16H33N3. The molecule has 3 heteroatoms. The molecule has 2 fully saturated rings. The fourth-order valence-electron chi connectivity index (χ4n) is 4.05. The van der Waals surface area contributed by atoms with E-state index < -0.39 is 0 Å². The minimum atomic E-state index is 0.629. The molecule has 3 nitrogen and oxygen atoms in total. The SMILES string of the molecule is CC1CCCN(C2CCCN(C(C)C)CC2)C1CN. The van der Waals surface area contributed by atoms with Crippen molar-refractivity contribution in [1.29, 1.82) is 0 Å². The number of nitrogens with zero attached hydrogens (tertiary/aromatic N) is 2. The normalized spacial score (nSPS) is 35.5. The predicted octanol–water partition coefficient (Wildman–Crippen LogP) is 2.31. The Morgan fingerprint density at radius 3 is 2.47 bits per heavy atom. The third-order valence-corrected chi connectivity index (χ3v) is 5.33. The van der Waals surface area contributed by atoms with Crippen LogP contribution in [0, 0.1) is 5.92 Å². The zero-order chi connectivity index (χ0) is 13.8. The fraction of sp³-hybridized carbons (Fsp3) is 1.00. The molecular weight excluding hydrogens is 234 g/mol. The molecule has 0 bridgehead atoms. The standard InChI is InChI=1S/C16H33N3/c1-13(2)18-9-5-7-15(8-11-18)19-10-4-6-14(3)16(19)12-17/h13-16H,4-12,17H2,1-3H3. The molecule has 112 valence electrons. The number of piperidine rings is 1. The second-order valence-electron chi connectivity index (χ2n) is 6.87. The van der Waals surface area contributed by atoms with Crippen molar-refractivity contribution in [1.82, 2.24) is 9.80 Å². The summed E-state index contributed by atoms with van der Waals surface area (Å²) in [6.45, 7) is 11.7. The van der Waals surface area contributed by atoms with Gasteiger partial charge in [-0.1, -0.05) is 6.92 Å². The van der Waals surface area contributed by atoms with Crippen LogP contribution in [0.15, 0.2) is 0 Å². The Hall–Kier alpha value is -0.120. The van der Waals surface area contributed by atoms with Gasteiger partial charge in [-0.3, -0.25) is 4.90 Å². The predicted molar refractivity (Wildman–Crippen MR) is 82.3 cm³/mol. The monoisotopic (exact) mass is 267 g/mol. The first-order valence-electron chi connectivity index (χ1n) is 8.33. The summed E-state index contributed by atoms with van der Waals surface area (Å²) in [6.07, 6.45) is 6.78.